The summed E-state index contributed by atoms with van der Waals surface area (Å²) in [5.41, 5.74) is 2.54. The number of amides is 1. The number of carbonyl (C=O) groups excluding carboxylic acids is 1. The van der Waals surface area contributed by atoms with Crippen molar-refractivity contribution in [2.75, 3.05) is 38.2 Å². The van der Waals surface area contributed by atoms with Gasteiger partial charge in [-0.05, 0) is 42.0 Å². The van der Waals surface area contributed by atoms with Crippen LogP contribution in [-0.2, 0) is 15.6 Å². The zero-order valence-corrected chi connectivity index (χ0v) is 20.8. The highest BCUT2D eigenvalue weighted by Crippen LogP contribution is 2.29. The van der Waals surface area contributed by atoms with Crippen molar-refractivity contribution in [2.45, 2.75) is 10.6 Å². The normalized spacial score (nSPS) is 14.1. The maximum absolute atomic E-state index is 13.3. The lowest BCUT2D eigenvalue weighted by molar-refractivity contribution is 0.0746. The van der Waals surface area contributed by atoms with E-state index in [1.54, 1.807) is 55.8 Å². The van der Waals surface area contributed by atoms with Crippen LogP contribution in [0.1, 0.15) is 15.9 Å². The van der Waals surface area contributed by atoms with Crippen LogP contribution >= 0.6 is 0 Å². The molecule has 0 atom stereocenters. The lowest BCUT2D eigenvalue weighted by Gasteiger charge is -2.36. The van der Waals surface area contributed by atoms with Gasteiger partial charge >= 0.3 is 0 Å². The van der Waals surface area contributed by atoms with Gasteiger partial charge in [0, 0.05) is 43.3 Å². The second-order valence-electron chi connectivity index (χ2n) is 8.74. The van der Waals surface area contributed by atoms with Gasteiger partial charge in [-0.15, -0.1) is 0 Å². The molecule has 1 fully saturated rings. The van der Waals surface area contributed by atoms with Crippen LogP contribution in [-0.4, -0.2) is 57.5 Å². The average molecular weight is 502 g/mol. The van der Waals surface area contributed by atoms with E-state index >= 15 is 0 Å². The van der Waals surface area contributed by atoms with Crippen LogP contribution < -0.4 is 9.64 Å². The third-order valence-electron chi connectivity index (χ3n) is 6.45. The maximum atomic E-state index is 13.3. The fraction of sp³-hybridized carbons (Fsp3) is 0.214. The van der Waals surface area contributed by atoms with E-state index in [1.807, 2.05) is 41.3 Å². The third kappa shape index (κ3) is 4.77. The number of carbonyl (C=O) groups is 1. The molecule has 0 unspecified atom stereocenters. The predicted molar refractivity (Wildman–Crippen MR) is 140 cm³/mol. The standard InChI is InChI=1S/C28H27N3O4S/c1-35-25-12-3-2-11-24(25)30-15-17-31(18-16-30)28(32)23-9-4-7-21(19-23)20-36(33,34)26-13-5-8-22-10-6-14-29-27(22)26/h2-14,19H,15-18,20H2,1H3. The fourth-order valence-corrected chi connectivity index (χ4v) is 6.17. The van der Waals surface area contributed by atoms with E-state index in [4.69, 9.17) is 4.74 Å². The molecule has 36 heavy (non-hydrogen) atoms. The summed E-state index contributed by atoms with van der Waals surface area (Å²) in [4.78, 5) is 21.8. The Labute approximate surface area is 210 Å². The molecule has 5 rings (SSSR count). The van der Waals surface area contributed by atoms with Crippen molar-refractivity contribution >= 4 is 32.3 Å². The van der Waals surface area contributed by atoms with E-state index in [0.29, 0.717) is 42.8 Å². The van der Waals surface area contributed by atoms with Gasteiger partial charge in [-0.2, -0.15) is 0 Å². The lowest BCUT2D eigenvalue weighted by Crippen LogP contribution is -2.48. The number of benzene rings is 3. The van der Waals surface area contributed by atoms with Crippen molar-refractivity contribution in [3.8, 4) is 5.75 Å². The van der Waals surface area contributed by atoms with Gasteiger partial charge in [-0.1, -0.05) is 42.5 Å². The smallest absolute Gasteiger partial charge is 0.253 e. The van der Waals surface area contributed by atoms with Crippen LogP contribution in [0.25, 0.3) is 10.9 Å². The van der Waals surface area contributed by atoms with Crippen LogP contribution in [0.5, 0.6) is 5.75 Å². The molecule has 8 heteroatoms. The maximum Gasteiger partial charge on any atom is 0.253 e. The van der Waals surface area contributed by atoms with Gasteiger partial charge in [-0.25, -0.2) is 8.42 Å². The summed E-state index contributed by atoms with van der Waals surface area (Å²) < 4.78 is 32.0. The minimum atomic E-state index is -3.66. The number of ether oxygens (including phenoxy) is 1. The number of nitrogens with zero attached hydrogens (tertiary/aromatic N) is 3. The summed E-state index contributed by atoms with van der Waals surface area (Å²) >= 11 is 0. The molecule has 0 spiro atoms. The number of piperazine rings is 1. The van der Waals surface area contributed by atoms with Crippen LogP contribution in [0, 0.1) is 0 Å². The van der Waals surface area contributed by atoms with E-state index in [9.17, 15) is 13.2 Å². The van der Waals surface area contributed by atoms with E-state index in [0.717, 1.165) is 16.8 Å². The average Bonchev–Trinajstić information content (AvgIpc) is 2.92. The molecule has 1 aromatic heterocycles. The largest absolute Gasteiger partial charge is 0.495 e. The lowest BCUT2D eigenvalue weighted by atomic mass is 10.1. The Balaban J connectivity index is 1.30. The number of anilines is 1. The van der Waals surface area contributed by atoms with Crippen LogP contribution in [0.3, 0.4) is 0 Å². The van der Waals surface area contributed by atoms with Crippen molar-refractivity contribution in [2.24, 2.45) is 0 Å². The van der Waals surface area contributed by atoms with Crippen molar-refractivity contribution in [3.05, 3.63) is 96.2 Å². The summed E-state index contributed by atoms with van der Waals surface area (Å²) in [7, 11) is -2.00. The second kappa shape index (κ2) is 9.99. The van der Waals surface area contributed by atoms with Crippen molar-refractivity contribution in [1.82, 2.24) is 9.88 Å². The number of fused-ring (bicyclic) bond motifs is 1. The Hall–Kier alpha value is -3.91. The Morgan fingerprint density at radius 1 is 0.917 bits per heavy atom. The number of methoxy groups -OCH3 is 1. The minimum Gasteiger partial charge on any atom is -0.495 e. The quantitative estimate of drug-likeness (QED) is 0.394. The van der Waals surface area contributed by atoms with Crippen LogP contribution in [0.15, 0.2) is 90.0 Å². The highest BCUT2D eigenvalue weighted by Gasteiger charge is 2.25. The van der Waals surface area contributed by atoms with Crippen molar-refractivity contribution in [1.29, 1.82) is 0 Å². The van der Waals surface area contributed by atoms with Gasteiger partial charge in [0.1, 0.15) is 5.75 Å². The minimum absolute atomic E-state index is 0.0965. The first-order valence-electron chi connectivity index (χ1n) is 11.8. The van der Waals surface area contributed by atoms with Crippen LogP contribution in [0.2, 0.25) is 0 Å². The SMILES string of the molecule is COc1ccccc1N1CCN(C(=O)c2cccc(CS(=O)(=O)c3cccc4cccnc34)c2)CC1. The van der Waals surface area contributed by atoms with Gasteiger partial charge in [-0.3, -0.25) is 9.78 Å². The summed E-state index contributed by atoms with van der Waals surface area (Å²) in [6, 6.07) is 23.5. The summed E-state index contributed by atoms with van der Waals surface area (Å²) in [5.74, 6) is 0.513. The fourth-order valence-electron chi connectivity index (χ4n) is 4.64. The number of aromatic nitrogens is 1. The number of hydrogen-bond donors (Lipinski definition) is 0. The molecule has 184 valence electrons. The zero-order chi connectivity index (χ0) is 25.1. The first-order valence-corrected chi connectivity index (χ1v) is 13.4. The molecule has 1 aliphatic heterocycles. The Bertz CT molecular complexity index is 1510. The van der Waals surface area contributed by atoms with Gasteiger partial charge in [0.2, 0.25) is 0 Å². The van der Waals surface area contributed by atoms with Crippen LogP contribution in [0.4, 0.5) is 5.69 Å². The topological polar surface area (TPSA) is 79.8 Å². The number of hydrogen-bond acceptors (Lipinski definition) is 6. The number of pyridine rings is 1. The molecule has 0 aliphatic carbocycles. The summed E-state index contributed by atoms with van der Waals surface area (Å²) in [6.45, 7) is 2.52. The van der Waals surface area contributed by atoms with E-state index in [2.05, 4.69) is 9.88 Å². The molecule has 1 aliphatic rings. The molecule has 4 aromatic rings. The molecular weight excluding hydrogens is 474 g/mol. The van der Waals surface area contributed by atoms with Gasteiger partial charge in [0.05, 0.1) is 29.0 Å². The van der Waals surface area contributed by atoms with E-state index in [-0.39, 0.29) is 16.6 Å². The molecular formula is C28H27N3O4S. The summed E-state index contributed by atoms with van der Waals surface area (Å²) in [5, 5.41) is 0.773. The van der Waals surface area contributed by atoms with Gasteiger partial charge in [0.15, 0.2) is 9.84 Å². The van der Waals surface area contributed by atoms with Gasteiger partial charge < -0.3 is 14.5 Å². The Morgan fingerprint density at radius 3 is 2.47 bits per heavy atom. The molecule has 3 aromatic carbocycles. The number of rotatable bonds is 6. The summed E-state index contributed by atoms with van der Waals surface area (Å²) in [6.07, 6.45) is 1.59. The Morgan fingerprint density at radius 2 is 1.67 bits per heavy atom. The molecule has 2 heterocycles. The third-order valence-corrected chi connectivity index (χ3v) is 8.17. The first kappa shape index (κ1) is 23.8. The van der Waals surface area contributed by atoms with Gasteiger partial charge in [0.25, 0.3) is 5.91 Å². The molecule has 0 bridgehead atoms. The first-order chi connectivity index (χ1) is 17.5. The predicted octanol–water partition coefficient (Wildman–Crippen LogP) is 4.18. The second-order valence-corrected chi connectivity index (χ2v) is 10.7. The molecule has 0 radical (unpaired) electrons. The van der Waals surface area contributed by atoms with Crippen molar-refractivity contribution < 1.29 is 17.9 Å². The molecule has 0 N–H and O–H groups in total. The zero-order valence-electron chi connectivity index (χ0n) is 20.0. The number of para-hydroxylation sites is 3. The molecule has 1 saturated heterocycles. The monoisotopic (exact) mass is 501 g/mol. The highest BCUT2D eigenvalue weighted by molar-refractivity contribution is 7.90. The van der Waals surface area contributed by atoms with E-state index in [1.165, 1.54) is 0 Å². The highest BCUT2D eigenvalue weighted by atomic mass is 32.2. The molecule has 1 amide bonds. The number of sulfone groups is 1. The van der Waals surface area contributed by atoms with E-state index < -0.39 is 9.84 Å². The molecule has 7 nitrogen and oxygen atoms in total. The molecule has 0 saturated carbocycles. The van der Waals surface area contributed by atoms with Crippen molar-refractivity contribution in [3.63, 3.8) is 0 Å². The Kier molecular flexibility index (Phi) is 6.61.